The van der Waals surface area contributed by atoms with Crippen molar-refractivity contribution in [3.05, 3.63) is 0 Å². The summed E-state index contributed by atoms with van der Waals surface area (Å²) in [5, 5.41) is 5.76. The summed E-state index contributed by atoms with van der Waals surface area (Å²) in [5.41, 5.74) is 0. The Hall–Kier alpha value is -0.570. The van der Waals surface area contributed by atoms with Crippen LogP contribution in [-0.4, -0.2) is 25.0 Å². The molecule has 66 valence electrons. The van der Waals surface area contributed by atoms with E-state index in [1.54, 1.807) is 7.05 Å². The Kier molecular flexibility index (Phi) is 4.86. The average Bonchev–Trinajstić information content (AvgIpc) is 2.02. The van der Waals surface area contributed by atoms with Gasteiger partial charge in [0.15, 0.2) is 0 Å². The van der Waals surface area contributed by atoms with Crippen LogP contribution in [0.2, 0.25) is 0 Å². The molecule has 1 amide bonds. The fourth-order valence-corrected chi connectivity index (χ4v) is 0.601. The minimum atomic E-state index is -0.0935. The zero-order chi connectivity index (χ0) is 8.85. The average molecular weight is 158 g/mol. The maximum Gasteiger partial charge on any atom is 0.237 e. The summed E-state index contributed by atoms with van der Waals surface area (Å²) in [7, 11) is 1.78. The van der Waals surface area contributed by atoms with Gasteiger partial charge in [-0.25, -0.2) is 0 Å². The Morgan fingerprint density at radius 1 is 1.45 bits per heavy atom. The van der Waals surface area contributed by atoms with Gasteiger partial charge in [0.1, 0.15) is 0 Å². The molecule has 0 spiro atoms. The smallest absolute Gasteiger partial charge is 0.237 e. The number of likely N-dealkylation sites (N-methyl/N-ethyl adjacent to an activating group) is 1. The van der Waals surface area contributed by atoms with Crippen molar-refractivity contribution in [1.29, 1.82) is 0 Å². The van der Waals surface area contributed by atoms with Crippen LogP contribution in [0.15, 0.2) is 0 Å². The van der Waals surface area contributed by atoms with E-state index in [1.807, 2.05) is 13.8 Å². The van der Waals surface area contributed by atoms with Crippen LogP contribution in [0.1, 0.15) is 27.2 Å². The van der Waals surface area contributed by atoms with Crippen LogP contribution in [0.25, 0.3) is 0 Å². The van der Waals surface area contributed by atoms with Crippen molar-refractivity contribution in [2.45, 2.75) is 39.3 Å². The second-order valence-electron chi connectivity index (χ2n) is 2.83. The van der Waals surface area contributed by atoms with Crippen LogP contribution in [0.4, 0.5) is 0 Å². The Morgan fingerprint density at radius 2 is 2.00 bits per heavy atom. The summed E-state index contributed by atoms with van der Waals surface area (Å²) < 4.78 is 0. The maximum atomic E-state index is 11.2. The van der Waals surface area contributed by atoms with Gasteiger partial charge in [-0.2, -0.15) is 0 Å². The lowest BCUT2D eigenvalue weighted by atomic mass is 10.2. The molecule has 0 saturated heterocycles. The summed E-state index contributed by atoms with van der Waals surface area (Å²) in [6, 6.07) is 0.183. The van der Waals surface area contributed by atoms with Gasteiger partial charge in [0.2, 0.25) is 5.91 Å². The van der Waals surface area contributed by atoms with E-state index in [9.17, 15) is 4.79 Å². The molecule has 0 radical (unpaired) electrons. The molecule has 3 nitrogen and oxygen atoms in total. The van der Waals surface area contributed by atoms with Gasteiger partial charge >= 0.3 is 0 Å². The van der Waals surface area contributed by atoms with E-state index in [1.165, 1.54) is 0 Å². The lowest BCUT2D eigenvalue weighted by Gasteiger charge is -2.15. The molecule has 0 aliphatic heterocycles. The minimum absolute atomic E-state index is 0.0712. The Labute approximate surface area is 68.6 Å². The highest BCUT2D eigenvalue weighted by Crippen LogP contribution is 1.89. The van der Waals surface area contributed by atoms with E-state index in [0.29, 0.717) is 0 Å². The van der Waals surface area contributed by atoms with E-state index in [-0.39, 0.29) is 18.0 Å². The van der Waals surface area contributed by atoms with Gasteiger partial charge in [0.05, 0.1) is 6.04 Å². The van der Waals surface area contributed by atoms with Crippen molar-refractivity contribution in [1.82, 2.24) is 10.6 Å². The van der Waals surface area contributed by atoms with Gasteiger partial charge in [-0.15, -0.1) is 0 Å². The predicted octanol–water partition coefficient (Wildman–Crippen LogP) is 0.509. The molecular formula is C8H18N2O. The molecule has 0 aliphatic rings. The first-order valence-corrected chi connectivity index (χ1v) is 4.09. The molecule has 0 aromatic rings. The highest BCUT2D eigenvalue weighted by molar-refractivity contribution is 5.81. The zero-order valence-electron chi connectivity index (χ0n) is 7.77. The van der Waals surface area contributed by atoms with Gasteiger partial charge < -0.3 is 10.6 Å². The Bertz CT molecular complexity index is 125. The first kappa shape index (κ1) is 10.4. The van der Waals surface area contributed by atoms with Crippen molar-refractivity contribution < 1.29 is 4.79 Å². The van der Waals surface area contributed by atoms with Crippen LogP contribution < -0.4 is 10.6 Å². The Morgan fingerprint density at radius 3 is 2.36 bits per heavy atom. The summed E-state index contributed by atoms with van der Waals surface area (Å²) in [6.07, 6.45) is 0.974. The number of carbonyl (C=O) groups excluding carboxylic acids is 1. The van der Waals surface area contributed by atoms with Crippen LogP contribution in [0.3, 0.4) is 0 Å². The molecule has 1 unspecified atom stereocenters. The van der Waals surface area contributed by atoms with Crippen molar-refractivity contribution >= 4 is 5.91 Å². The molecule has 2 atom stereocenters. The Balaban J connectivity index is 3.68. The van der Waals surface area contributed by atoms with Gasteiger partial charge in [-0.3, -0.25) is 4.79 Å². The number of hydrogen-bond acceptors (Lipinski definition) is 2. The molecule has 0 rings (SSSR count). The molecule has 0 bridgehead atoms. The molecule has 0 fully saturated rings. The number of hydrogen-bond donors (Lipinski definition) is 2. The molecule has 11 heavy (non-hydrogen) atoms. The third-order valence-corrected chi connectivity index (χ3v) is 1.83. The molecule has 3 heteroatoms. The van der Waals surface area contributed by atoms with E-state index < -0.39 is 0 Å². The van der Waals surface area contributed by atoms with E-state index in [2.05, 4.69) is 17.6 Å². The first-order valence-electron chi connectivity index (χ1n) is 4.09. The maximum absolute atomic E-state index is 11.2. The number of carbonyl (C=O) groups is 1. The zero-order valence-corrected chi connectivity index (χ0v) is 7.77. The molecule has 0 aliphatic carbocycles. The molecule has 0 heterocycles. The van der Waals surface area contributed by atoms with Crippen molar-refractivity contribution in [2.24, 2.45) is 0 Å². The lowest BCUT2D eigenvalue weighted by molar-refractivity contribution is -0.123. The van der Waals surface area contributed by atoms with E-state index in [4.69, 9.17) is 0 Å². The summed E-state index contributed by atoms with van der Waals surface area (Å²) in [5.74, 6) is 0.0712. The van der Waals surface area contributed by atoms with Gasteiger partial charge in [-0.05, 0) is 27.3 Å². The number of nitrogens with one attached hydrogen (secondary N) is 2. The number of rotatable bonds is 4. The second-order valence-corrected chi connectivity index (χ2v) is 2.83. The van der Waals surface area contributed by atoms with Crippen molar-refractivity contribution in [3.63, 3.8) is 0 Å². The highest BCUT2D eigenvalue weighted by Gasteiger charge is 2.11. The second kappa shape index (κ2) is 5.13. The third kappa shape index (κ3) is 3.98. The largest absolute Gasteiger partial charge is 0.352 e. The van der Waals surface area contributed by atoms with Gasteiger partial charge in [0.25, 0.3) is 0 Å². The summed E-state index contributed by atoms with van der Waals surface area (Å²) >= 11 is 0. The topological polar surface area (TPSA) is 41.1 Å². The van der Waals surface area contributed by atoms with Crippen molar-refractivity contribution in [2.75, 3.05) is 7.05 Å². The lowest BCUT2D eigenvalue weighted by Crippen LogP contribution is -2.43. The van der Waals surface area contributed by atoms with E-state index in [0.717, 1.165) is 6.42 Å². The van der Waals surface area contributed by atoms with Gasteiger partial charge in [0, 0.05) is 6.04 Å². The molecule has 0 saturated carbocycles. The summed E-state index contributed by atoms with van der Waals surface area (Å²) in [6.45, 7) is 5.90. The van der Waals surface area contributed by atoms with Crippen molar-refractivity contribution in [3.8, 4) is 0 Å². The fourth-order valence-electron chi connectivity index (χ4n) is 0.601. The quantitative estimate of drug-likeness (QED) is 0.626. The minimum Gasteiger partial charge on any atom is -0.352 e. The highest BCUT2D eigenvalue weighted by atomic mass is 16.2. The molecule has 0 aromatic carbocycles. The fraction of sp³-hybridized carbons (Fsp3) is 0.875. The van der Waals surface area contributed by atoms with Crippen LogP contribution >= 0.6 is 0 Å². The molecular weight excluding hydrogens is 140 g/mol. The predicted molar refractivity (Wildman–Crippen MR) is 46.4 cm³/mol. The van der Waals surface area contributed by atoms with Crippen LogP contribution in [-0.2, 0) is 4.79 Å². The molecule has 2 N–H and O–H groups in total. The van der Waals surface area contributed by atoms with Gasteiger partial charge in [-0.1, -0.05) is 6.92 Å². The normalized spacial score (nSPS) is 15.6. The number of amides is 1. The van der Waals surface area contributed by atoms with Crippen LogP contribution in [0.5, 0.6) is 0 Å². The molecule has 0 aromatic heterocycles. The monoisotopic (exact) mass is 158 g/mol. The first-order chi connectivity index (χ1) is 5.11. The summed E-state index contributed by atoms with van der Waals surface area (Å²) in [4.78, 5) is 11.2. The van der Waals surface area contributed by atoms with Crippen LogP contribution in [0, 0.1) is 0 Å². The standard InChI is InChI=1S/C8H18N2O/c1-5-6(2)10-8(11)7(3)9-4/h6-7,9H,5H2,1-4H3,(H,10,11)/t6?,7-/m0/s1. The van der Waals surface area contributed by atoms with E-state index >= 15 is 0 Å². The third-order valence-electron chi connectivity index (χ3n) is 1.83. The SMILES string of the molecule is CCC(C)NC(=O)[C@H](C)NC.